The van der Waals surface area contributed by atoms with Gasteiger partial charge in [-0.15, -0.1) is 11.8 Å². The molecule has 1 nitrogen and oxygen atoms in total. The van der Waals surface area contributed by atoms with Gasteiger partial charge in [0.2, 0.25) is 0 Å². The van der Waals surface area contributed by atoms with Crippen molar-refractivity contribution in [3.8, 4) is 0 Å². The number of hydrogen-bond donors (Lipinski definition) is 1. The molecule has 0 bridgehead atoms. The molecule has 0 amide bonds. The van der Waals surface area contributed by atoms with Crippen LogP contribution in [0.5, 0.6) is 0 Å². The van der Waals surface area contributed by atoms with Gasteiger partial charge in [0.1, 0.15) is 0 Å². The molecule has 0 aromatic heterocycles. The molecule has 1 aromatic carbocycles. The van der Waals surface area contributed by atoms with Gasteiger partial charge in [0, 0.05) is 28.0 Å². The highest BCUT2D eigenvalue weighted by molar-refractivity contribution is 8.00. The number of rotatable bonds is 2. The van der Waals surface area contributed by atoms with Gasteiger partial charge < -0.3 is 17.3 Å². The molecule has 2 rings (SSSR count). The number of benzene rings is 1. The number of thioether (sulfide) groups is 1. The normalized spacial score (nSPS) is 23.6. The van der Waals surface area contributed by atoms with E-state index in [-0.39, 0.29) is 12.4 Å². The molecular formula is C13H18Cl3NS. The summed E-state index contributed by atoms with van der Waals surface area (Å²) in [5, 5.41) is 2.25. The lowest BCUT2D eigenvalue weighted by Crippen LogP contribution is -3.10. The third kappa shape index (κ3) is 4.21. The molecule has 0 unspecified atom stereocenters. The van der Waals surface area contributed by atoms with Crippen LogP contribution in [-0.2, 0) is 0 Å². The van der Waals surface area contributed by atoms with Crippen molar-refractivity contribution in [2.24, 2.45) is 0 Å². The van der Waals surface area contributed by atoms with Crippen molar-refractivity contribution >= 4 is 35.0 Å². The second-order valence-electron chi connectivity index (χ2n) is 4.81. The van der Waals surface area contributed by atoms with Crippen LogP contribution in [0.3, 0.4) is 0 Å². The van der Waals surface area contributed by atoms with Crippen molar-refractivity contribution in [1.29, 1.82) is 0 Å². The number of piperidine rings is 1. The minimum Gasteiger partial charge on any atom is -1.00 e. The zero-order valence-electron chi connectivity index (χ0n) is 10.6. The molecule has 0 atom stereocenters. The summed E-state index contributed by atoms with van der Waals surface area (Å²) in [6, 6.07) is 3.97. The zero-order chi connectivity index (χ0) is 12.4. The van der Waals surface area contributed by atoms with Crippen LogP contribution in [0.4, 0.5) is 0 Å². The van der Waals surface area contributed by atoms with E-state index >= 15 is 0 Å². The van der Waals surface area contributed by atoms with E-state index in [1.165, 1.54) is 30.8 Å². The quantitative estimate of drug-likeness (QED) is 0.806. The average Bonchev–Trinajstić information content (AvgIpc) is 2.29. The predicted molar refractivity (Wildman–Crippen MR) is 76.7 cm³/mol. The minimum atomic E-state index is 0. The van der Waals surface area contributed by atoms with E-state index in [2.05, 4.69) is 13.1 Å². The highest BCUT2D eigenvalue weighted by Crippen LogP contribution is 2.36. The van der Waals surface area contributed by atoms with Gasteiger partial charge in [-0.1, -0.05) is 23.2 Å². The first-order valence-corrected chi connectivity index (χ1v) is 7.63. The van der Waals surface area contributed by atoms with Gasteiger partial charge >= 0.3 is 0 Å². The van der Waals surface area contributed by atoms with Gasteiger partial charge in [0.25, 0.3) is 0 Å². The molecule has 18 heavy (non-hydrogen) atoms. The molecule has 1 fully saturated rings. The first-order valence-electron chi connectivity index (χ1n) is 6.00. The molecule has 1 aliphatic rings. The topological polar surface area (TPSA) is 4.44 Å². The Balaban J connectivity index is 0.00000162. The summed E-state index contributed by atoms with van der Waals surface area (Å²) in [5.74, 6) is 0. The Kier molecular flexibility index (Phi) is 6.63. The molecule has 0 spiro atoms. The zero-order valence-corrected chi connectivity index (χ0v) is 13.7. The molecule has 1 heterocycles. The van der Waals surface area contributed by atoms with Gasteiger partial charge in [-0.3, -0.25) is 0 Å². The average molecular weight is 327 g/mol. The van der Waals surface area contributed by atoms with Gasteiger partial charge in [0.05, 0.1) is 25.2 Å². The number of quaternary nitrogens is 1. The fourth-order valence-electron chi connectivity index (χ4n) is 2.10. The number of hydrogen-bond acceptors (Lipinski definition) is 1. The van der Waals surface area contributed by atoms with Crippen molar-refractivity contribution in [1.82, 2.24) is 0 Å². The van der Waals surface area contributed by atoms with E-state index in [9.17, 15) is 0 Å². The molecule has 102 valence electrons. The van der Waals surface area contributed by atoms with E-state index < -0.39 is 0 Å². The monoisotopic (exact) mass is 325 g/mol. The van der Waals surface area contributed by atoms with E-state index in [1.807, 2.05) is 24.8 Å². The second-order valence-corrected chi connectivity index (χ2v) is 6.96. The van der Waals surface area contributed by atoms with Crippen LogP contribution in [0.15, 0.2) is 17.0 Å². The summed E-state index contributed by atoms with van der Waals surface area (Å²) in [6.07, 6.45) is 2.54. The largest absolute Gasteiger partial charge is 1.00 e. The van der Waals surface area contributed by atoms with Crippen LogP contribution in [-0.4, -0.2) is 25.4 Å². The Morgan fingerprint density at radius 2 is 1.78 bits per heavy atom. The standard InChI is InChI=1S/C13H17Cl2NS.ClH/c1-9-7-13(12(15)8-11(9)14)17-10-3-5-16(2)6-4-10;/h7-8,10H,3-6H2,1-2H3;1H. The van der Waals surface area contributed by atoms with Crippen LogP contribution in [0.2, 0.25) is 10.0 Å². The minimum absolute atomic E-state index is 0. The Morgan fingerprint density at radius 1 is 1.17 bits per heavy atom. The van der Waals surface area contributed by atoms with Crippen molar-refractivity contribution in [3.63, 3.8) is 0 Å². The van der Waals surface area contributed by atoms with Crippen LogP contribution in [0.1, 0.15) is 18.4 Å². The Labute approximate surface area is 130 Å². The SMILES string of the molecule is Cc1cc(SC2CC[NH+](C)CC2)c(Cl)cc1Cl.[Cl-]. The van der Waals surface area contributed by atoms with Crippen molar-refractivity contribution in [2.45, 2.75) is 29.9 Å². The second kappa shape index (κ2) is 7.25. The summed E-state index contributed by atoms with van der Waals surface area (Å²) in [7, 11) is 2.26. The van der Waals surface area contributed by atoms with Gasteiger partial charge in [0.15, 0.2) is 0 Å². The first kappa shape index (κ1) is 16.5. The predicted octanol–water partition coefficient (Wildman–Crippen LogP) is 0.0750. The van der Waals surface area contributed by atoms with Crippen LogP contribution in [0, 0.1) is 6.92 Å². The maximum absolute atomic E-state index is 6.24. The summed E-state index contributed by atoms with van der Waals surface area (Å²) in [5.41, 5.74) is 1.11. The van der Waals surface area contributed by atoms with E-state index in [1.54, 1.807) is 4.90 Å². The summed E-state index contributed by atoms with van der Waals surface area (Å²) < 4.78 is 0. The molecule has 1 aromatic rings. The van der Waals surface area contributed by atoms with Crippen molar-refractivity contribution in [2.75, 3.05) is 20.1 Å². The molecular weight excluding hydrogens is 309 g/mol. The molecule has 0 aliphatic carbocycles. The van der Waals surface area contributed by atoms with Crippen molar-refractivity contribution < 1.29 is 17.3 Å². The summed E-state index contributed by atoms with van der Waals surface area (Å²) in [6.45, 7) is 4.56. The number of nitrogens with one attached hydrogen (secondary N) is 1. The molecule has 0 saturated carbocycles. The third-order valence-corrected chi connectivity index (χ3v) is 5.52. The number of aryl methyl sites for hydroxylation is 1. The lowest BCUT2D eigenvalue weighted by atomic mass is 10.1. The highest BCUT2D eigenvalue weighted by Gasteiger charge is 2.21. The highest BCUT2D eigenvalue weighted by atomic mass is 35.5. The maximum atomic E-state index is 6.24. The van der Waals surface area contributed by atoms with Gasteiger partial charge in [-0.05, 0) is 24.6 Å². The molecule has 1 N–H and O–H groups in total. The lowest BCUT2D eigenvalue weighted by molar-refractivity contribution is -0.884. The van der Waals surface area contributed by atoms with Crippen LogP contribution < -0.4 is 17.3 Å². The fourth-order valence-corrected chi connectivity index (χ4v) is 3.87. The van der Waals surface area contributed by atoms with E-state index in [0.29, 0.717) is 5.25 Å². The van der Waals surface area contributed by atoms with Crippen molar-refractivity contribution in [3.05, 3.63) is 27.7 Å². The van der Waals surface area contributed by atoms with E-state index in [4.69, 9.17) is 23.2 Å². The van der Waals surface area contributed by atoms with Crippen LogP contribution >= 0.6 is 35.0 Å². The first-order chi connectivity index (χ1) is 8.06. The van der Waals surface area contributed by atoms with Gasteiger partial charge in [-0.25, -0.2) is 0 Å². The fraction of sp³-hybridized carbons (Fsp3) is 0.538. The molecule has 0 radical (unpaired) electrons. The number of likely N-dealkylation sites (tertiary alicyclic amines) is 1. The molecule has 5 heteroatoms. The van der Waals surface area contributed by atoms with Crippen LogP contribution in [0.25, 0.3) is 0 Å². The number of halogens is 3. The van der Waals surface area contributed by atoms with E-state index in [0.717, 1.165) is 15.6 Å². The lowest BCUT2D eigenvalue weighted by Gasteiger charge is -2.26. The Bertz CT molecular complexity index is 403. The molecule has 1 saturated heterocycles. The third-order valence-electron chi connectivity index (χ3n) is 3.29. The Morgan fingerprint density at radius 3 is 2.39 bits per heavy atom. The van der Waals surface area contributed by atoms with Gasteiger partial charge in [-0.2, -0.15) is 0 Å². The summed E-state index contributed by atoms with van der Waals surface area (Å²) in [4.78, 5) is 2.82. The molecule has 1 aliphatic heterocycles. The smallest absolute Gasteiger partial charge is 0.0779 e. The maximum Gasteiger partial charge on any atom is 0.0779 e. The Hall–Kier alpha value is 0.400. The summed E-state index contributed by atoms with van der Waals surface area (Å²) >= 11 is 14.2.